The maximum Gasteiger partial charge on any atom is 0.169 e. The minimum Gasteiger partial charge on any atom is -0.505 e. The number of aromatic hydroxyl groups is 2. The van der Waals surface area contributed by atoms with Gasteiger partial charge in [0.25, 0.3) is 0 Å². The number of anilines is 1. The summed E-state index contributed by atoms with van der Waals surface area (Å²) < 4.78 is 0. The molecule has 0 saturated carbocycles. The van der Waals surface area contributed by atoms with Crippen LogP contribution in [-0.4, -0.2) is 20.2 Å². The topological polar surface area (TPSA) is 78.3 Å². The summed E-state index contributed by atoms with van der Waals surface area (Å²) in [4.78, 5) is 8.48. The molecule has 0 bridgehead atoms. The van der Waals surface area contributed by atoms with E-state index in [0.717, 1.165) is 10.9 Å². The molecule has 0 saturated heterocycles. The molecule has 2 aromatic carbocycles. The predicted molar refractivity (Wildman–Crippen MR) is 106 cm³/mol. The summed E-state index contributed by atoms with van der Waals surface area (Å²) in [6, 6.07) is 17.4. The first-order chi connectivity index (χ1) is 13.1. The molecule has 1 atom stereocenters. The Hall–Kier alpha value is -3.31. The molecule has 2 aromatic heterocycles. The van der Waals surface area contributed by atoms with Crippen LogP contribution in [-0.2, 0) is 0 Å². The minimum atomic E-state index is -0.536. The van der Waals surface area contributed by atoms with Crippen LogP contribution in [0.25, 0.3) is 10.9 Å². The average Bonchev–Trinajstić information content (AvgIpc) is 2.69. The monoisotopic (exact) mass is 377 g/mol. The van der Waals surface area contributed by atoms with E-state index in [-0.39, 0.29) is 11.5 Å². The van der Waals surface area contributed by atoms with Gasteiger partial charge in [-0.05, 0) is 29.8 Å². The predicted octanol–water partition coefficient (Wildman–Crippen LogP) is 4.90. The number of halogens is 1. The van der Waals surface area contributed by atoms with Crippen molar-refractivity contribution in [3.05, 3.63) is 89.2 Å². The molecule has 0 amide bonds. The Bertz CT molecular complexity index is 1120. The maximum atomic E-state index is 10.9. The third kappa shape index (κ3) is 3.25. The van der Waals surface area contributed by atoms with Gasteiger partial charge in [0.1, 0.15) is 11.3 Å². The van der Waals surface area contributed by atoms with Crippen LogP contribution in [0, 0.1) is 0 Å². The van der Waals surface area contributed by atoms with Crippen LogP contribution in [0.15, 0.2) is 73.1 Å². The number of pyridine rings is 2. The highest BCUT2D eigenvalue weighted by atomic mass is 35.5. The zero-order valence-corrected chi connectivity index (χ0v) is 14.9. The smallest absolute Gasteiger partial charge is 0.169 e. The number of phenolic OH excluding ortho intramolecular Hbond substituents is 1. The van der Waals surface area contributed by atoms with Crippen molar-refractivity contribution < 1.29 is 10.2 Å². The number of phenols is 1. The minimum absolute atomic E-state index is 0.00737. The highest BCUT2D eigenvalue weighted by molar-refractivity contribution is 6.31. The summed E-state index contributed by atoms with van der Waals surface area (Å²) in [7, 11) is 0. The second-order valence-electron chi connectivity index (χ2n) is 6.05. The van der Waals surface area contributed by atoms with E-state index in [1.54, 1.807) is 30.6 Å². The van der Waals surface area contributed by atoms with E-state index in [0.29, 0.717) is 21.9 Å². The lowest BCUT2D eigenvalue weighted by molar-refractivity contribution is 0.468. The van der Waals surface area contributed by atoms with Crippen LogP contribution in [0.3, 0.4) is 0 Å². The highest BCUT2D eigenvalue weighted by Crippen LogP contribution is 2.39. The van der Waals surface area contributed by atoms with Crippen LogP contribution < -0.4 is 5.32 Å². The van der Waals surface area contributed by atoms with E-state index in [1.807, 2.05) is 42.5 Å². The van der Waals surface area contributed by atoms with Gasteiger partial charge in [-0.25, -0.2) is 4.98 Å². The molecular weight excluding hydrogens is 362 g/mol. The molecule has 0 radical (unpaired) electrons. The fraction of sp³-hybridized carbons (Fsp3) is 0.0476. The van der Waals surface area contributed by atoms with Crippen molar-refractivity contribution >= 4 is 28.3 Å². The summed E-state index contributed by atoms with van der Waals surface area (Å²) in [5.74, 6) is 0.358. The van der Waals surface area contributed by atoms with Crippen molar-refractivity contribution in [3.8, 4) is 11.5 Å². The van der Waals surface area contributed by atoms with Crippen LogP contribution in [0.5, 0.6) is 11.5 Å². The molecular formula is C21H16ClN3O2. The van der Waals surface area contributed by atoms with Crippen LogP contribution in [0.1, 0.15) is 17.2 Å². The van der Waals surface area contributed by atoms with Gasteiger partial charge in [0.15, 0.2) is 11.6 Å². The number of nitrogens with one attached hydrogen (secondary N) is 1. The molecule has 4 aromatic rings. The molecule has 5 nitrogen and oxygen atoms in total. The Balaban J connectivity index is 1.89. The first-order valence-electron chi connectivity index (χ1n) is 8.36. The van der Waals surface area contributed by atoms with Crippen molar-refractivity contribution in [2.45, 2.75) is 6.04 Å². The van der Waals surface area contributed by atoms with Crippen molar-refractivity contribution in [2.24, 2.45) is 0 Å². The number of hydrogen-bond donors (Lipinski definition) is 3. The van der Waals surface area contributed by atoms with Gasteiger partial charge in [0, 0.05) is 28.4 Å². The SMILES string of the molecule is Oc1cccnc1N[C@H](c1ccccc1Cl)c1ccc2cccnc2c1O. The molecule has 6 heteroatoms. The van der Waals surface area contributed by atoms with Gasteiger partial charge in [-0.1, -0.05) is 48.0 Å². The second kappa shape index (κ2) is 7.13. The van der Waals surface area contributed by atoms with Gasteiger partial charge < -0.3 is 15.5 Å². The van der Waals surface area contributed by atoms with Gasteiger partial charge in [-0.15, -0.1) is 0 Å². The molecule has 0 fully saturated rings. The summed E-state index contributed by atoms with van der Waals surface area (Å²) in [5, 5.41) is 25.6. The van der Waals surface area contributed by atoms with Crippen molar-refractivity contribution in [1.29, 1.82) is 0 Å². The molecule has 2 heterocycles. The standard InChI is InChI=1S/C21H16ClN3O2/c22-16-7-2-1-6-14(16)19(25-21-17(26)8-4-12-24-21)15-10-9-13-5-3-11-23-18(13)20(15)27/h1-12,19,26-27H,(H,24,25)/t19-/m1/s1. The van der Waals surface area contributed by atoms with Gasteiger partial charge in [-0.3, -0.25) is 4.98 Å². The lowest BCUT2D eigenvalue weighted by atomic mass is 9.96. The molecule has 134 valence electrons. The Morgan fingerprint density at radius 3 is 2.41 bits per heavy atom. The largest absolute Gasteiger partial charge is 0.505 e. The maximum absolute atomic E-state index is 10.9. The Labute approximate surface area is 160 Å². The average molecular weight is 378 g/mol. The molecule has 27 heavy (non-hydrogen) atoms. The van der Waals surface area contributed by atoms with Crippen LogP contribution >= 0.6 is 11.6 Å². The third-order valence-corrected chi connectivity index (χ3v) is 4.72. The van der Waals surface area contributed by atoms with Gasteiger partial charge in [-0.2, -0.15) is 0 Å². The quantitative estimate of drug-likeness (QED) is 0.471. The molecule has 0 aliphatic carbocycles. The summed E-state index contributed by atoms with van der Waals surface area (Å²) in [5.41, 5.74) is 1.83. The number of fused-ring (bicyclic) bond motifs is 1. The fourth-order valence-electron chi connectivity index (χ4n) is 3.06. The Morgan fingerprint density at radius 1 is 0.815 bits per heavy atom. The van der Waals surface area contributed by atoms with Crippen LogP contribution in [0.2, 0.25) is 5.02 Å². The Kier molecular flexibility index (Phi) is 4.52. The second-order valence-corrected chi connectivity index (χ2v) is 6.46. The number of nitrogens with zero attached hydrogens (tertiary/aromatic N) is 2. The molecule has 3 N–H and O–H groups in total. The highest BCUT2D eigenvalue weighted by Gasteiger charge is 2.23. The third-order valence-electron chi connectivity index (χ3n) is 4.37. The lowest BCUT2D eigenvalue weighted by Crippen LogP contribution is -2.14. The summed E-state index contributed by atoms with van der Waals surface area (Å²) in [6.07, 6.45) is 3.21. The first kappa shape index (κ1) is 17.1. The van der Waals surface area contributed by atoms with Gasteiger partial charge >= 0.3 is 0 Å². The number of benzene rings is 2. The number of aromatic nitrogens is 2. The van der Waals surface area contributed by atoms with E-state index in [9.17, 15) is 10.2 Å². The zero-order chi connectivity index (χ0) is 18.8. The van der Waals surface area contributed by atoms with E-state index >= 15 is 0 Å². The van der Waals surface area contributed by atoms with Crippen molar-refractivity contribution in [1.82, 2.24) is 9.97 Å². The molecule has 4 rings (SSSR count). The molecule has 0 spiro atoms. The first-order valence-corrected chi connectivity index (χ1v) is 8.74. The summed E-state index contributed by atoms with van der Waals surface area (Å²) >= 11 is 6.43. The summed E-state index contributed by atoms with van der Waals surface area (Å²) in [6.45, 7) is 0. The molecule has 0 aliphatic heterocycles. The normalized spacial score (nSPS) is 12.0. The zero-order valence-electron chi connectivity index (χ0n) is 14.2. The van der Waals surface area contributed by atoms with Crippen LogP contribution in [0.4, 0.5) is 5.82 Å². The fourth-order valence-corrected chi connectivity index (χ4v) is 3.30. The van der Waals surface area contributed by atoms with E-state index in [1.165, 1.54) is 0 Å². The van der Waals surface area contributed by atoms with Gasteiger partial charge in [0.2, 0.25) is 0 Å². The van der Waals surface area contributed by atoms with E-state index in [2.05, 4.69) is 15.3 Å². The number of rotatable bonds is 4. The van der Waals surface area contributed by atoms with Crippen molar-refractivity contribution in [2.75, 3.05) is 5.32 Å². The Morgan fingerprint density at radius 2 is 1.59 bits per heavy atom. The van der Waals surface area contributed by atoms with E-state index in [4.69, 9.17) is 11.6 Å². The van der Waals surface area contributed by atoms with E-state index < -0.39 is 6.04 Å². The molecule has 0 unspecified atom stereocenters. The lowest BCUT2D eigenvalue weighted by Gasteiger charge is -2.23. The number of hydrogen-bond acceptors (Lipinski definition) is 5. The van der Waals surface area contributed by atoms with Crippen molar-refractivity contribution in [3.63, 3.8) is 0 Å². The van der Waals surface area contributed by atoms with Gasteiger partial charge in [0.05, 0.1) is 6.04 Å². The molecule has 0 aliphatic rings.